The van der Waals surface area contributed by atoms with E-state index in [0.717, 1.165) is 0 Å². The van der Waals surface area contributed by atoms with Crippen LogP contribution >= 0.6 is 0 Å². The molecule has 0 aliphatic heterocycles. The van der Waals surface area contributed by atoms with Crippen LogP contribution in [-0.2, 0) is 40.1 Å². The average Bonchev–Trinajstić information content (AvgIpc) is 2.32. The fourth-order valence-electron chi connectivity index (χ4n) is 0.466. The smallest absolute Gasteiger partial charge is 0.434 e. The fourth-order valence-corrected chi connectivity index (χ4v) is 4.20. The third kappa shape index (κ3) is 25.1. The first-order valence-corrected chi connectivity index (χ1v) is 12.1. The maximum atomic E-state index is 11.5. The minimum Gasteiger partial charge on any atom is -0.434 e. The van der Waals surface area contributed by atoms with E-state index in [-0.39, 0.29) is 13.7 Å². The van der Waals surface area contributed by atoms with Gasteiger partial charge in [0.1, 0.15) is 10.0 Å². The van der Waals surface area contributed by atoms with Crippen LogP contribution < -0.4 is 0 Å². The zero-order valence-electron chi connectivity index (χ0n) is 13.2. The Labute approximate surface area is 161 Å². The molecule has 0 aliphatic rings. The van der Waals surface area contributed by atoms with Crippen molar-refractivity contribution < 1.29 is 68.8 Å². The fraction of sp³-hybridized carbons (Fsp3) is 1.00. The first-order chi connectivity index (χ1) is 11.8. The van der Waals surface area contributed by atoms with Crippen LogP contribution in [0.2, 0.25) is 0 Å². The van der Waals surface area contributed by atoms with Crippen LogP contribution in [0.1, 0.15) is 14.4 Å². The van der Waals surface area contributed by atoms with Crippen molar-refractivity contribution in [3.8, 4) is 0 Å². The molecule has 29 heavy (non-hydrogen) atoms. The van der Waals surface area contributed by atoms with Gasteiger partial charge in [0.05, 0.1) is 20.0 Å². The van der Waals surface area contributed by atoms with Gasteiger partial charge in [-0.05, 0) is 0 Å². The highest BCUT2D eigenvalue weighted by Gasteiger charge is 2.39. The Kier molecular flexibility index (Phi) is 14.9. The van der Waals surface area contributed by atoms with Crippen molar-refractivity contribution in [3.63, 3.8) is 0 Å². The Hall–Kier alpha value is -0.840. The van der Waals surface area contributed by atoms with Gasteiger partial charge in [-0.3, -0.25) is 0 Å². The zero-order valence-corrected chi connectivity index (χ0v) is 16.5. The molecule has 0 N–H and O–H groups in total. The van der Waals surface area contributed by atoms with Gasteiger partial charge in [-0.15, -0.1) is 17.6 Å². The molecule has 10 nitrogen and oxygen atoms in total. The molecule has 0 rings (SSSR count). The number of alkyl halides is 8. The summed E-state index contributed by atoms with van der Waals surface area (Å²) in [6, 6.07) is -1.79. The van der Waals surface area contributed by atoms with Gasteiger partial charge in [-0.2, -0.15) is 13.2 Å². The maximum Gasteiger partial charge on any atom is 0.559 e. The van der Waals surface area contributed by atoms with Crippen molar-refractivity contribution in [2.45, 2.75) is 26.3 Å². The summed E-state index contributed by atoms with van der Waals surface area (Å²) in [6.07, 6.45) is -5.25. The van der Waals surface area contributed by atoms with Crippen molar-refractivity contribution in [2.24, 2.45) is 0 Å². The van der Waals surface area contributed by atoms with Crippen molar-refractivity contribution >= 4 is 40.1 Å². The zero-order chi connectivity index (χ0) is 23.8. The van der Waals surface area contributed by atoms with Crippen molar-refractivity contribution in [1.82, 2.24) is 0 Å². The summed E-state index contributed by atoms with van der Waals surface area (Å²) in [5, 5.41) is 0. The van der Waals surface area contributed by atoms with Crippen LogP contribution in [0, 0.1) is 0 Å². The Morgan fingerprint density at radius 1 is 0.724 bits per heavy atom. The highest BCUT2D eigenvalue weighted by Crippen LogP contribution is 2.29. The molecular weight excluding hydrogens is 520 g/mol. The largest absolute Gasteiger partial charge is 0.559 e. The number of sulfonamides is 4. The molecule has 0 saturated heterocycles. The summed E-state index contributed by atoms with van der Waals surface area (Å²) in [7, 11) is -18.9. The van der Waals surface area contributed by atoms with Gasteiger partial charge in [0.2, 0.25) is 0 Å². The highest BCUT2D eigenvalue weighted by molar-refractivity contribution is 8.12. The molecule has 182 valence electrons. The third-order valence-electron chi connectivity index (χ3n) is 1.26. The minimum atomic E-state index is -5.92. The van der Waals surface area contributed by atoms with Crippen LogP contribution in [0.5, 0.6) is 0 Å². The molecule has 0 aliphatic carbocycles. The second kappa shape index (κ2) is 12.1. The molecule has 0 aromatic rings. The topological polar surface area (TPSA) is 165 Å². The van der Waals surface area contributed by atoms with E-state index in [1.54, 1.807) is 4.13 Å². The van der Waals surface area contributed by atoms with E-state index in [2.05, 4.69) is 4.13 Å². The van der Waals surface area contributed by atoms with E-state index in [0.29, 0.717) is 0 Å². The van der Waals surface area contributed by atoms with E-state index >= 15 is 0 Å². The van der Waals surface area contributed by atoms with Gasteiger partial charge < -0.3 is 8.25 Å². The Balaban J connectivity index is -0.000000171. The molecule has 0 heterocycles. The SMILES string of the molecule is C.CCS(=O)(=O)[N-]S(=O)(=O)CF.CS(=O)(=O)[N-]S(=O)(=O)C(F)(F)F.FC(F)(F)F. The van der Waals surface area contributed by atoms with Crippen molar-refractivity contribution in [3.05, 3.63) is 8.25 Å². The molecule has 0 fully saturated rings. The van der Waals surface area contributed by atoms with Gasteiger partial charge in [-0.25, -0.2) is 38.1 Å². The van der Waals surface area contributed by atoms with Gasteiger partial charge in [-0.1, -0.05) is 14.4 Å². The molecule has 0 spiro atoms. The minimum absolute atomic E-state index is 0. The first kappa shape index (κ1) is 35.6. The van der Waals surface area contributed by atoms with E-state index in [1.807, 2.05) is 0 Å². The lowest BCUT2D eigenvalue weighted by Gasteiger charge is -2.19. The van der Waals surface area contributed by atoms with Gasteiger partial charge >= 0.3 is 11.9 Å². The van der Waals surface area contributed by atoms with Crippen LogP contribution in [0.3, 0.4) is 0 Å². The van der Waals surface area contributed by atoms with Crippen molar-refractivity contribution in [2.75, 3.05) is 18.0 Å². The highest BCUT2D eigenvalue weighted by atomic mass is 32.3. The summed E-state index contributed by atoms with van der Waals surface area (Å²) < 4.78 is 170. The van der Waals surface area contributed by atoms with E-state index in [1.165, 1.54) is 6.92 Å². The van der Waals surface area contributed by atoms with Crippen LogP contribution in [0.15, 0.2) is 0 Å². The molecule has 0 amide bonds. The van der Waals surface area contributed by atoms with Gasteiger partial charge in [0.15, 0.2) is 16.0 Å². The predicted molar refractivity (Wildman–Crippen MR) is 84.8 cm³/mol. The summed E-state index contributed by atoms with van der Waals surface area (Å²) in [5.41, 5.74) is -5.67. The second-order valence-electron chi connectivity index (χ2n) is 3.79. The van der Waals surface area contributed by atoms with Crippen LogP contribution in [0.4, 0.5) is 35.1 Å². The lowest BCUT2D eigenvalue weighted by atomic mass is 11.0. The number of hydrogen-bond acceptors (Lipinski definition) is 8. The second-order valence-corrected chi connectivity index (χ2v) is 11.0. The molecule has 0 atom stereocenters. The lowest BCUT2D eigenvalue weighted by molar-refractivity contribution is -0.237. The number of rotatable bonds is 6. The van der Waals surface area contributed by atoms with E-state index < -0.39 is 63.8 Å². The standard InChI is InChI=1S/C3H7FNO4S2.C2H3F3NO4S2.CF4.CH4/c1-2-10(6,7)5-11(8,9)3-4;1-11(7,8)6-12(9,10)2(3,4)5;2-1(3,4)5;/h2-3H2,1H3;1H3;;1H4/q2*-1;;. The number of hydrogen-bond donors (Lipinski definition) is 0. The van der Waals surface area contributed by atoms with Crippen molar-refractivity contribution in [1.29, 1.82) is 0 Å². The predicted octanol–water partition coefficient (Wildman–Crippen LogP) is 2.25. The Bertz CT molecular complexity index is 852. The normalized spacial score (nSPS) is 13.2. The van der Waals surface area contributed by atoms with Crippen LogP contribution in [0.25, 0.3) is 8.25 Å². The maximum absolute atomic E-state index is 11.5. The first-order valence-electron chi connectivity index (χ1n) is 5.55. The Morgan fingerprint density at radius 3 is 1.17 bits per heavy atom. The van der Waals surface area contributed by atoms with Gasteiger partial charge in [0.25, 0.3) is 0 Å². The molecular formula is C7H14F8N2O8S4-2. The van der Waals surface area contributed by atoms with E-state index in [9.17, 15) is 68.8 Å². The molecule has 0 bridgehead atoms. The molecule has 0 unspecified atom stereocenters. The molecule has 0 aromatic carbocycles. The number of halogens is 8. The van der Waals surface area contributed by atoms with Crippen LogP contribution in [-0.4, -0.2) is 63.6 Å². The van der Waals surface area contributed by atoms with E-state index in [4.69, 9.17) is 0 Å². The molecule has 0 aromatic heterocycles. The molecule has 22 heteroatoms. The average molecular weight is 534 g/mol. The summed E-state index contributed by atoms with van der Waals surface area (Å²) in [4.78, 5) is 0. The third-order valence-corrected chi connectivity index (χ3v) is 6.53. The van der Waals surface area contributed by atoms with Gasteiger partial charge in [0, 0.05) is 12.0 Å². The molecule has 0 radical (unpaired) electrons. The summed E-state index contributed by atoms with van der Waals surface area (Å²) in [6.45, 7) is 1.21. The Morgan fingerprint density at radius 2 is 1.03 bits per heavy atom. The quantitative estimate of drug-likeness (QED) is 0.468. The summed E-state index contributed by atoms with van der Waals surface area (Å²) in [5.74, 6) is -0.452. The number of nitrogens with zero attached hydrogens (tertiary/aromatic N) is 2. The monoisotopic (exact) mass is 534 g/mol. The molecule has 0 saturated carbocycles. The summed E-state index contributed by atoms with van der Waals surface area (Å²) >= 11 is 0. The lowest BCUT2D eigenvalue weighted by Crippen LogP contribution is -2.23.